The number of aliphatic hydroxyl groups excluding tert-OH is 2. The maximum Gasteiger partial charge on any atom is 0.237 e. The number of ether oxygens (including phenoxy) is 4. The lowest BCUT2D eigenvalue weighted by molar-refractivity contribution is 0.0728. The Morgan fingerprint density at radius 1 is 0.470 bits per heavy atom. The van der Waals surface area contributed by atoms with Crippen LogP contribution in [0, 0.1) is 63.2 Å². The van der Waals surface area contributed by atoms with E-state index in [4.69, 9.17) is 36.0 Å². The number of nitrogens with zero attached hydrogens (tertiary/aromatic N) is 8. The molecule has 2 aromatic heterocycles. The fourth-order valence-electron chi connectivity index (χ4n) is 13.5. The molecule has 0 radical (unpaired) electrons. The number of carbonyl (C=O) groups excluding carboxylic acids is 1. The van der Waals surface area contributed by atoms with Crippen LogP contribution in [0.5, 0.6) is 11.5 Å². The number of carbonyl (C=O) groups is 1. The number of nitriles is 5. The highest BCUT2D eigenvalue weighted by molar-refractivity contribution is 7.14. The number of thiophene rings is 2. The van der Waals surface area contributed by atoms with Crippen LogP contribution in [0.3, 0.4) is 0 Å². The van der Waals surface area contributed by atoms with Gasteiger partial charge in [-0.2, -0.15) is 26.3 Å². The maximum atomic E-state index is 11.0. The van der Waals surface area contributed by atoms with Gasteiger partial charge < -0.3 is 39.0 Å². The van der Waals surface area contributed by atoms with Gasteiger partial charge in [-0.05, 0) is 188 Å². The van der Waals surface area contributed by atoms with Crippen molar-refractivity contribution in [3.05, 3.63) is 346 Å². The monoisotopic (exact) mass is 1580 g/mol. The minimum absolute atomic E-state index is 0.000891. The summed E-state index contributed by atoms with van der Waals surface area (Å²) in [5.74, 6) is 1.69. The van der Waals surface area contributed by atoms with Gasteiger partial charge in [0.2, 0.25) is 5.70 Å². The highest BCUT2D eigenvalue weighted by Gasteiger charge is 2.45. The second-order valence-electron chi connectivity index (χ2n) is 28.1. The Morgan fingerprint density at radius 3 is 1.26 bits per heavy atom. The summed E-state index contributed by atoms with van der Waals surface area (Å²) in [6, 6.07) is 86.4. The van der Waals surface area contributed by atoms with Crippen molar-refractivity contribution >= 4 is 70.7 Å². The maximum absolute atomic E-state index is 11.0. The number of hydrogen-bond acceptors (Lipinski definition) is 16. The number of hydrogen-bond donors (Lipinski definition) is 2. The van der Waals surface area contributed by atoms with Crippen LogP contribution in [-0.4, -0.2) is 55.9 Å². The molecule has 12 rings (SSSR count). The summed E-state index contributed by atoms with van der Waals surface area (Å²) >= 11 is 3.07. The van der Waals surface area contributed by atoms with E-state index in [1.54, 1.807) is 30.4 Å². The number of aliphatic hydroxyl groups is 2. The zero-order valence-corrected chi connectivity index (χ0v) is 68.3. The van der Waals surface area contributed by atoms with Crippen molar-refractivity contribution in [2.45, 2.75) is 110 Å². The number of aldehydes is 1. The van der Waals surface area contributed by atoms with E-state index in [9.17, 15) is 30.8 Å². The molecule has 8 aromatic carbocycles. The molecule has 17 heteroatoms. The molecule has 2 aliphatic rings. The number of benzene rings is 8. The Morgan fingerprint density at radius 2 is 0.855 bits per heavy atom. The molecule has 0 saturated heterocycles. The van der Waals surface area contributed by atoms with E-state index < -0.39 is 11.2 Å². The summed E-state index contributed by atoms with van der Waals surface area (Å²) in [5, 5.41) is 65.9. The molecule has 2 atom stereocenters. The smallest absolute Gasteiger partial charge is 0.237 e. The normalized spacial score (nSPS) is 14.6. The van der Waals surface area contributed by atoms with E-state index in [0.29, 0.717) is 24.4 Å². The van der Waals surface area contributed by atoms with Gasteiger partial charge in [-0.3, -0.25) is 4.79 Å². The molecule has 0 amide bonds. The third-order valence-corrected chi connectivity index (χ3v) is 22.2. The lowest BCUT2D eigenvalue weighted by atomic mass is 9.86. The highest BCUT2D eigenvalue weighted by atomic mass is 32.1. The fraction of sp³-hybridized carbons (Fsp3) is 0.230. The van der Waals surface area contributed by atoms with Crippen molar-refractivity contribution < 1.29 is 34.0 Å². The number of rotatable bonds is 33. The van der Waals surface area contributed by atoms with Gasteiger partial charge in [-0.15, -0.1) is 22.7 Å². The van der Waals surface area contributed by atoms with E-state index in [1.807, 2.05) is 214 Å². The first kappa shape index (κ1) is 86.1. The molecule has 10 aromatic rings. The van der Waals surface area contributed by atoms with Gasteiger partial charge in [0.05, 0.1) is 17.0 Å². The first-order chi connectivity index (χ1) is 57.2. The quantitative estimate of drug-likeness (QED) is 0.0169. The second kappa shape index (κ2) is 43.8. The predicted octanol–water partition coefficient (Wildman–Crippen LogP) is 23.4. The fourth-order valence-corrected chi connectivity index (χ4v) is 15.0. The van der Waals surface area contributed by atoms with Crippen molar-refractivity contribution in [3.8, 4) is 64.1 Å². The van der Waals surface area contributed by atoms with Crippen LogP contribution in [-0.2, 0) is 33.9 Å². The Bertz CT molecular complexity index is 5480. The van der Waals surface area contributed by atoms with Crippen molar-refractivity contribution in [3.63, 3.8) is 0 Å². The number of unbranched alkanes of at least 4 members (excludes halogenated alkanes) is 4. The van der Waals surface area contributed by atoms with Gasteiger partial charge in [0.25, 0.3) is 0 Å². The van der Waals surface area contributed by atoms with E-state index in [2.05, 4.69) is 113 Å². The Kier molecular flexibility index (Phi) is 32.2. The van der Waals surface area contributed by atoms with Crippen LogP contribution < -0.4 is 19.3 Å². The minimum atomic E-state index is -1.12. The lowest BCUT2D eigenvalue weighted by Gasteiger charge is -2.28. The van der Waals surface area contributed by atoms with Gasteiger partial charge in [-0.25, -0.2) is 4.85 Å². The van der Waals surface area contributed by atoms with Crippen molar-refractivity contribution in [1.29, 1.82) is 26.3 Å². The minimum Gasteiger partial charge on any atom is -0.488 e. The zero-order chi connectivity index (χ0) is 82.8. The van der Waals surface area contributed by atoms with Crippen molar-refractivity contribution in [2.75, 3.05) is 49.2 Å². The third kappa shape index (κ3) is 22.8. The van der Waals surface area contributed by atoms with Crippen LogP contribution in [0.15, 0.2) is 282 Å². The summed E-state index contributed by atoms with van der Waals surface area (Å²) in [6.45, 7) is 23.1. The van der Waals surface area contributed by atoms with Crippen LogP contribution in [0.25, 0.3) is 57.5 Å². The summed E-state index contributed by atoms with van der Waals surface area (Å²) in [6.07, 6.45) is 20.8. The molecule has 2 N–H and O–H groups in total. The van der Waals surface area contributed by atoms with Gasteiger partial charge in [-0.1, -0.05) is 203 Å². The summed E-state index contributed by atoms with van der Waals surface area (Å²) in [5.41, 5.74) is 11.6. The molecule has 0 saturated carbocycles. The molecule has 0 bridgehead atoms. The largest absolute Gasteiger partial charge is 0.488 e. The van der Waals surface area contributed by atoms with Gasteiger partial charge in [0, 0.05) is 94.2 Å². The first-order valence-corrected chi connectivity index (χ1v) is 40.9. The van der Waals surface area contributed by atoms with Crippen LogP contribution in [0.1, 0.15) is 144 Å². The highest BCUT2D eigenvalue weighted by Crippen LogP contribution is 2.49. The van der Waals surface area contributed by atoms with Crippen LogP contribution >= 0.6 is 22.7 Å². The van der Waals surface area contributed by atoms with Gasteiger partial charge in [0.1, 0.15) is 60.7 Å². The van der Waals surface area contributed by atoms with Crippen LogP contribution in [0.4, 0.5) is 11.4 Å². The predicted molar refractivity (Wildman–Crippen MR) is 471 cm³/mol. The molecule has 0 aliphatic carbocycles. The molecule has 0 fully saturated rings. The average molecular weight is 1580 g/mol. The van der Waals surface area contributed by atoms with Gasteiger partial charge in [0.15, 0.2) is 34.6 Å². The molecule has 15 nitrogen and oxygen atoms in total. The second-order valence-corrected chi connectivity index (χ2v) is 30.4. The summed E-state index contributed by atoms with van der Waals surface area (Å²) in [7, 11) is 0. The summed E-state index contributed by atoms with van der Waals surface area (Å²) in [4.78, 5) is 23.3. The summed E-state index contributed by atoms with van der Waals surface area (Å²) < 4.78 is 25.1. The molecule has 2 aliphatic heterocycles. The molecule has 117 heavy (non-hydrogen) atoms. The van der Waals surface area contributed by atoms with Crippen LogP contribution in [0.2, 0.25) is 0 Å². The Hall–Kier alpha value is -13.3. The third-order valence-electron chi connectivity index (χ3n) is 20.2. The van der Waals surface area contributed by atoms with E-state index in [1.165, 1.54) is 11.3 Å². The Balaban J connectivity index is 0.000000205. The SMILES string of the molecule is CC1=C(C#N)C(=C(C#N)C#N)OC1(C)c1ccc(-c2ccccc2)cc1.CCCCN(CCCCO)c1ccc(/C=C/c2ccc(C=O)s2)c(OCc2ccccc2)c1.[C-]#[N+]C1=C(/C=C/c2ccc(/C=C/c3ccc(N(CCCC)CCCCO)cc3OCc3ccccc3)s2)C(C)(c2ccc(-c3ccccc3)cc2)OC1=C(C#N)C#N. The molecular weight excluding hydrogens is 1490 g/mol. The topological polar surface area (TPSA) is 224 Å². The molecule has 0 spiro atoms. The van der Waals surface area contributed by atoms with E-state index >= 15 is 0 Å². The van der Waals surface area contributed by atoms with E-state index in [0.717, 1.165) is 182 Å². The molecule has 4 heterocycles. The Labute approximate surface area is 696 Å². The average Bonchev–Trinajstić information content (AvgIpc) is 1.60. The molecule has 588 valence electrons. The molecule has 2 unspecified atom stereocenters. The van der Waals surface area contributed by atoms with Gasteiger partial charge >= 0.3 is 0 Å². The molecular formula is C100H94N8O7S2. The first-order valence-electron chi connectivity index (χ1n) is 39.2. The van der Waals surface area contributed by atoms with Crippen molar-refractivity contribution in [2.24, 2.45) is 0 Å². The number of allylic oxidation sites excluding steroid dienone is 3. The van der Waals surface area contributed by atoms with E-state index in [-0.39, 0.29) is 47.1 Å². The number of anilines is 2. The lowest BCUT2D eigenvalue weighted by Crippen LogP contribution is -2.25. The van der Waals surface area contributed by atoms with Crippen molar-refractivity contribution in [1.82, 2.24) is 0 Å². The standard InChI is InChI=1S/C50H46N4O3S.C28H33NO3S.C22H15N3O/c1-4-5-30-54(31-12-13-32-55)43-24-20-40(47(33-43)56-36-37-14-8-6-9-15-37)21-25-44-26-27-45(58-44)28-29-46-48(53-3)49(41(34-51)35-52)57-50(46,2)42-22-18-39(19-23-42)38-16-10-7-11-17-38;1-2-3-17-29(18-7-8-19-30)25-13-11-24(12-14-26-15-16-27(21-31)33-26)28(20-25)32-22-23-9-5-4-6-10-23;1-15-20(14-25)21(18(12-23)13-24)26-22(15,2)19-10-8-17(9-11-19)16-6-4-3-5-7-16/h6-11,14-29,33,55H,4-5,12-13,30-32,36H2,1-2H3;4-6,9-16,20-21,30H,2-3,7-8,17-19,22H2,1H3;3-11H,1-2H3/b25-21+,29-28+;14-12+;. The zero-order valence-electron chi connectivity index (χ0n) is 66.6.